The van der Waals surface area contributed by atoms with Gasteiger partial charge in [0.1, 0.15) is 5.82 Å². The molecule has 2 rings (SSSR count). The van der Waals surface area contributed by atoms with Gasteiger partial charge in [-0.15, -0.1) is 0 Å². The smallest absolute Gasteiger partial charge is 0.256 e. The van der Waals surface area contributed by atoms with Crippen LogP contribution in [0.25, 0.3) is 0 Å². The van der Waals surface area contributed by atoms with E-state index in [1.807, 2.05) is 0 Å². The molecule has 0 aliphatic rings. The van der Waals surface area contributed by atoms with Gasteiger partial charge in [0.15, 0.2) is 0 Å². The standard InChI is InChI=1S/C14H11Br2FN2O/c1-7-10(4-9(16)6-12(7)18)14(20)19-13-3-2-8(15)5-11(13)17/h2-6H,18H2,1H3,(H,19,20). The zero-order chi connectivity index (χ0) is 14.9. The molecule has 6 heteroatoms. The van der Waals surface area contributed by atoms with Crippen LogP contribution >= 0.6 is 31.9 Å². The SMILES string of the molecule is Cc1c(N)cc(Br)cc1C(=O)Nc1ccc(Br)cc1F. The molecule has 0 aliphatic heterocycles. The third-order valence-corrected chi connectivity index (χ3v) is 3.79. The Morgan fingerprint density at radius 3 is 2.55 bits per heavy atom. The molecule has 0 bridgehead atoms. The Morgan fingerprint density at radius 1 is 1.20 bits per heavy atom. The lowest BCUT2D eigenvalue weighted by atomic mass is 10.1. The summed E-state index contributed by atoms with van der Waals surface area (Å²) < 4.78 is 15.0. The van der Waals surface area contributed by atoms with Gasteiger partial charge in [-0.1, -0.05) is 31.9 Å². The first-order valence-corrected chi connectivity index (χ1v) is 7.29. The number of halogens is 3. The van der Waals surface area contributed by atoms with Crippen LogP contribution in [0.4, 0.5) is 15.8 Å². The van der Waals surface area contributed by atoms with Crippen LogP contribution in [0.15, 0.2) is 39.3 Å². The van der Waals surface area contributed by atoms with Gasteiger partial charge >= 0.3 is 0 Å². The van der Waals surface area contributed by atoms with Crippen LogP contribution in [0.3, 0.4) is 0 Å². The van der Waals surface area contributed by atoms with Gasteiger partial charge < -0.3 is 11.1 Å². The molecule has 0 heterocycles. The molecule has 20 heavy (non-hydrogen) atoms. The van der Waals surface area contributed by atoms with Gasteiger partial charge in [0, 0.05) is 20.2 Å². The average Bonchev–Trinajstić information content (AvgIpc) is 2.37. The molecule has 0 radical (unpaired) electrons. The molecule has 3 nitrogen and oxygen atoms in total. The number of hydrogen-bond donors (Lipinski definition) is 2. The Morgan fingerprint density at radius 2 is 1.90 bits per heavy atom. The first-order chi connectivity index (χ1) is 9.38. The molecular weight excluding hydrogens is 391 g/mol. The molecule has 2 aromatic rings. The average molecular weight is 402 g/mol. The van der Waals surface area contributed by atoms with Crippen molar-refractivity contribution in [1.82, 2.24) is 0 Å². The summed E-state index contributed by atoms with van der Waals surface area (Å²) in [4.78, 5) is 12.2. The van der Waals surface area contributed by atoms with E-state index in [-0.39, 0.29) is 5.69 Å². The molecule has 0 aliphatic carbocycles. The highest BCUT2D eigenvalue weighted by molar-refractivity contribution is 9.10. The van der Waals surface area contributed by atoms with Crippen molar-refractivity contribution in [2.75, 3.05) is 11.1 Å². The molecule has 0 atom stereocenters. The van der Waals surface area contributed by atoms with E-state index in [1.54, 1.807) is 25.1 Å². The minimum Gasteiger partial charge on any atom is -0.398 e. The maximum atomic E-state index is 13.7. The van der Waals surface area contributed by atoms with Crippen LogP contribution in [-0.2, 0) is 0 Å². The van der Waals surface area contributed by atoms with Crippen LogP contribution in [0, 0.1) is 12.7 Å². The van der Waals surface area contributed by atoms with E-state index in [1.165, 1.54) is 12.1 Å². The summed E-state index contributed by atoms with van der Waals surface area (Å²) >= 11 is 6.45. The third kappa shape index (κ3) is 3.19. The highest BCUT2D eigenvalue weighted by Crippen LogP contribution is 2.25. The van der Waals surface area contributed by atoms with Gasteiger partial charge in [-0.05, 0) is 42.8 Å². The second-order valence-corrected chi connectivity index (χ2v) is 6.08. The van der Waals surface area contributed by atoms with Crippen LogP contribution < -0.4 is 11.1 Å². The van der Waals surface area contributed by atoms with Crippen molar-refractivity contribution in [1.29, 1.82) is 0 Å². The van der Waals surface area contributed by atoms with E-state index in [0.29, 0.717) is 25.8 Å². The largest absolute Gasteiger partial charge is 0.398 e. The second-order valence-electron chi connectivity index (χ2n) is 4.25. The molecule has 2 aromatic carbocycles. The van der Waals surface area contributed by atoms with Crippen molar-refractivity contribution in [3.63, 3.8) is 0 Å². The minimum absolute atomic E-state index is 0.121. The van der Waals surface area contributed by atoms with E-state index in [0.717, 1.165) is 0 Å². The summed E-state index contributed by atoms with van der Waals surface area (Å²) in [5.41, 5.74) is 7.49. The Balaban J connectivity index is 2.33. The number of rotatable bonds is 2. The molecule has 0 spiro atoms. The Bertz CT molecular complexity index is 689. The van der Waals surface area contributed by atoms with Crippen molar-refractivity contribution in [2.45, 2.75) is 6.92 Å². The molecule has 1 amide bonds. The highest BCUT2D eigenvalue weighted by atomic mass is 79.9. The summed E-state index contributed by atoms with van der Waals surface area (Å²) in [5.74, 6) is -0.912. The van der Waals surface area contributed by atoms with E-state index in [2.05, 4.69) is 37.2 Å². The van der Waals surface area contributed by atoms with Crippen LogP contribution in [0.2, 0.25) is 0 Å². The molecule has 104 valence electrons. The van der Waals surface area contributed by atoms with Crippen molar-refractivity contribution >= 4 is 49.1 Å². The van der Waals surface area contributed by atoms with Crippen LogP contribution in [-0.4, -0.2) is 5.91 Å². The van der Waals surface area contributed by atoms with Crippen LogP contribution in [0.5, 0.6) is 0 Å². The number of amides is 1. The molecule has 3 N–H and O–H groups in total. The van der Waals surface area contributed by atoms with Crippen molar-refractivity contribution in [3.8, 4) is 0 Å². The number of nitrogens with two attached hydrogens (primary N) is 1. The quantitative estimate of drug-likeness (QED) is 0.728. The van der Waals surface area contributed by atoms with Crippen molar-refractivity contribution in [2.24, 2.45) is 0 Å². The zero-order valence-corrected chi connectivity index (χ0v) is 13.7. The zero-order valence-electron chi connectivity index (χ0n) is 10.5. The van der Waals surface area contributed by atoms with E-state index < -0.39 is 11.7 Å². The third-order valence-electron chi connectivity index (χ3n) is 2.84. The van der Waals surface area contributed by atoms with Gasteiger partial charge in [0.2, 0.25) is 0 Å². The molecule has 0 saturated heterocycles. The monoisotopic (exact) mass is 400 g/mol. The fourth-order valence-electron chi connectivity index (χ4n) is 1.72. The fourth-order valence-corrected chi connectivity index (χ4v) is 2.53. The summed E-state index contributed by atoms with van der Waals surface area (Å²) in [7, 11) is 0. The fraction of sp³-hybridized carbons (Fsp3) is 0.0714. The molecule has 0 unspecified atom stereocenters. The number of carbonyl (C=O) groups is 1. The van der Waals surface area contributed by atoms with E-state index in [4.69, 9.17) is 5.73 Å². The second kappa shape index (κ2) is 5.93. The number of benzene rings is 2. The lowest BCUT2D eigenvalue weighted by Crippen LogP contribution is -2.15. The van der Waals surface area contributed by atoms with Gasteiger partial charge in [-0.2, -0.15) is 0 Å². The van der Waals surface area contributed by atoms with Crippen molar-refractivity contribution < 1.29 is 9.18 Å². The number of hydrogen-bond acceptors (Lipinski definition) is 2. The molecule has 0 aromatic heterocycles. The first kappa shape index (κ1) is 15.0. The highest BCUT2D eigenvalue weighted by Gasteiger charge is 2.14. The lowest BCUT2D eigenvalue weighted by molar-refractivity contribution is 0.102. The maximum absolute atomic E-state index is 13.7. The number of nitrogens with one attached hydrogen (secondary N) is 1. The summed E-state index contributed by atoms with van der Waals surface area (Å²) in [5, 5.41) is 2.54. The predicted molar refractivity (Wildman–Crippen MR) is 85.3 cm³/mol. The molecule has 0 saturated carbocycles. The number of anilines is 2. The topological polar surface area (TPSA) is 55.1 Å². The maximum Gasteiger partial charge on any atom is 0.256 e. The van der Waals surface area contributed by atoms with Crippen molar-refractivity contribution in [3.05, 3.63) is 56.2 Å². The van der Waals surface area contributed by atoms with Gasteiger partial charge in [-0.3, -0.25) is 4.79 Å². The normalized spacial score (nSPS) is 10.4. The lowest BCUT2D eigenvalue weighted by Gasteiger charge is -2.11. The van der Waals surface area contributed by atoms with Gasteiger partial charge in [0.25, 0.3) is 5.91 Å². The number of nitrogen functional groups attached to an aromatic ring is 1. The van der Waals surface area contributed by atoms with Gasteiger partial charge in [-0.25, -0.2) is 4.39 Å². The summed E-state index contributed by atoms with van der Waals surface area (Å²) in [6.45, 7) is 1.74. The Kier molecular flexibility index (Phi) is 4.45. The summed E-state index contributed by atoms with van der Waals surface area (Å²) in [6.07, 6.45) is 0. The molecular formula is C14H11Br2FN2O. The Hall–Kier alpha value is -1.40. The van der Waals surface area contributed by atoms with E-state index >= 15 is 0 Å². The number of carbonyl (C=O) groups excluding carboxylic acids is 1. The minimum atomic E-state index is -0.506. The summed E-state index contributed by atoms with van der Waals surface area (Å²) in [6, 6.07) is 7.80. The van der Waals surface area contributed by atoms with E-state index in [9.17, 15) is 9.18 Å². The van der Waals surface area contributed by atoms with Crippen LogP contribution in [0.1, 0.15) is 15.9 Å². The predicted octanol–water partition coefficient (Wildman–Crippen LogP) is 4.49. The first-order valence-electron chi connectivity index (χ1n) is 5.70. The molecule has 0 fully saturated rings. The van der Waals surface area contributed by atoms with Gasteiger partial charge in [0.05, 0.1) is 5.69 Å². The Labute approximate surface area is 132 Å².